The molecule has 1 atom stereocenters. The van der Waals surface area contributed by atoms with Crippen LogP contribution in [-0.2, 0) is 0 Å². The van der Waals surface area contributed by atoms with Gasteiger partial charge in [0.15, 0.2) is 0 Å². The average Bonchev–Trinajstić information content (AvgIpc) is 2.53. The van der Waals surface area contributed by atoms with Gasteiger partial charge in [0.05, 0.1) is 27.4 Å². The Morgan fingerprint density at radius 3 is 1.90 bits per heavy atom. The number of methoxy groups -OCH3 is 3. The first-order valence-corrected chi connectivity index (χ1v) is 6.31. The molecule has 0 heterocycles. The van der Waals surface area contributed by atoms with Crippen LogP contribution in [0.25, 0.3) is 0 Å². The third kappa shape index (κ3) is 3.80. The van der Waals surface area contributed by atoms with Crippen LogP contribution < -0.4 is 19.9 Å². The molecule has 114 valence electrons. The van der Waals surface area contributed by atoms with E-state index in [1.54, 1.807) is 21.3 Å². The first-order valence-electron chi connectivity index (χ1n) is 6.31. The van der Waals surface area contributed by atoms with Crippen molar-refractivity contribution >= 4 is 12.4 Å². The van der Waals surface area contributed by atoms with E-state index < -0.39 is 0 Å². The Bertz CT molecular complexity index is 572. The van der Waals surface area contributed by atoms with Gasteiger partial charge >= 0.3 is 0 Å². The zero-order valence-corrected chi connectivity index (χ0v) is 13.1. The highest BCUT2D eigenvalue weighted by molar-refractivity contribution is 5.85. The summed E-state index contributed by atoms with van der Waals surface area (Å²) in [5.41, 5.74) is 8.22. The molecule has 5 heteroatoms. The van der Waals surface area contributed by atoms with E-state index in [1.807, 2.05) is 42.5 Å². The first-order chi connectivity index (χ1) is 9.69. The van der Waals surface area contributed by atoms with Crippen LogP contribution in [0.15, 0.2) is 42.5 Å². The van der Waals surface area contributed by atoms with E-state index in [0.717, 1.165) is 22.6 Å². The number of rotatable bonds is 5. The van der Waals surface area contributed by atoms with Crippen molar-refractivity contribution in [1.29, 1.82) is 0 Å². The van der Waals surface area contributed by atoms with Crippen LogP contribution in [0.1, 0.15) is 17.2 Å². The third-order valence-corrected chi connectivity index (χ3v) is 3.25. The highest BCUT2D eigenvalue weighted by Crippen LogP contribution is 2.32. The van der Waals surface area contributed by atoms with Gasteiger partial charge in [-0.2, -0.15) is 0 Å². The van der Waals surface area contributed by atoms with Crippen molar-refractivity contribution < 1.29 is 14.2 Å². The van der Waals surface area contributed by atoms with E-state index >= 15 is 0 Å². The largest absolute Gasteiger partial charge is 0.497 e. The molecule has 2 aromatic carbocycles. The molecule has 2 rings (SSSR count). The van der Waals surface area contributed by atoms with E-state index in [0.29, 0.717) is 5.75 Å². The number of nitrogens with two attached hydrogens (primary N) is 1. The summed E-state index contributed by atoms with van der Waals surface area (Å²) in [7, 11) is 4.89. The number of benzene rings is 2. The molecule has 1 unspecified atom stereocenters. The minimum Gasteiger partial charge on any atom is -0.497 e. The van der Waals surface area contributed by atoms with Crippen LogP contribution in [0.4, 0.5) is 0 Å². The van der Waals surface area contributed by atoms with E-state index in [4.69, 9.17) is 19.9 Å². The molecule has 0 saturated heterocycles. The first kappa shape index (κ1) is 17.1. The minimum atomic E-state index is -0.262. The second kappa shape index (κ2) is 7.76. The summed E-state index contributed by atoms with van der Waals surface area (Å²) in [6.45, 7) is 0. The summed E-state index contributed by atoms with van der Waals surface area (Å²) in [6, 6.07) is 13.1. The number of ether oxygens (including phenoxy) is 3. The Kier molecular flexibility index (Phi) is 6.34. The molecule has 0 spiro atoms. The maximum absolute atomic E-state index is 6.31. The fourth-order valence-electron chi connectivity index (χ4n) is 2.07. The number of halogens is 1. The normalized spacial score (nSPS) is 11.2. The van der Waals surface area contributed by atoms with Crippen LogP contribution in [0.5, 0.6) is 17.2 Å². The zero-order chi connectivity index (χ0) is 14.5. The second-order valence-corrected chi connectivity index (χ2v) is 4.36. The molecule has 0 aliphatic heterocycles. The van der Waals surface area contributed by atoms with E-state index in [9.17, 15) is 0 Å². The topological polar surface area (TPSA) is 53.7 Å². The lowest BCUT2D eigenvalue weighted by molar-refractivity contribution is 0.390. The Balaban J connectivity index is 0.00000220. The van der Waals surface area contributed by atoms with Crippen molar-refractivity contribution in [3.63, 3.8) is 0 Å². The lowest BCUT2D eigenvalue weighted by Gasteiger charge is -2.17. The van der Waals surface area contributed by atoms with Gasteiger partial charge in [-0.15, -0.1) is 12.4 Å². The van der Waals surface area contributed by atoms with Crippen molar-refractivity contribution in [3.8, 4) is 17.2 Å². The molecular formula is C16H20ClNO3. The van der Waals surface area contributed by atoms with Gasteiger partial charge in [-0.25, -0.2) is 0 Å². The van der Waals surface area contributed by atoms with Crippen LogP contribution >= 0.6 is 12.4 Å². The number of hydrogen-bond donors (Lipinski definition) is 1. The summed E-state index contributed by atoms with van der Waals surface area (Å²) in [5.74, 6) is 2.27. The molecular weight excluding hydrogens is 290 g/mol. The van der Waals surface area contributed by atoms with Crippen LogP contribution in [0, 0.1) is 0 Å². The highest BCUT2D eigenvalue weighted by atomic mass is 35.5. The summed E-state index contributed by atoms with van der Waals surface area (Å²) in [5, 5.41) is 0. The van der Waals surface area contributed by atoms with E-state index in [2.05, 4.69) is 0 Å². The van der Waals surface area contributed by atoms with Gasteiger partial charge < -0.3 is 19.9 Å². The average molecular weight is 310 g/mol. The molecule has 0 aromatic heterocycles. The summed E-state index contributed by atoms with van der Waals surface area (Å²) in [6.07, 6.45) is 0. The summed E-state index contributed by atoms with van der Waals surface area (Å²) >= 11 is 0. The zero-order valence-electron chi connectivity index (χ0n) is 12.3. The molecule has 0 bridgehead atoms. The lowest BCUT2D eigenvalue weighted by atomic mass is 9.98. The van der Waals surface area contributed by atoms with Crippen LogP contribution in [0.2, 0.25) is 0 Å². The molecule has 4 nitrogen and oxygen atoms in total. The molecule has 2 N–H and O–H groups in total. The van der Waals surface area contributed by atoms with Gasteiger partial charge in [0.25, 0.3) is 0 Å². The SMILES string of the molecule is COc1ccc(C(N)c2ccc(OC)cc2OC)cc1.Cl. The van der Waals surface area contributed by atoms with Crippen molar-refractivity contribution in [3.05, 3.63) is 53.6 Å². The smallest absolute Gasteiger partial charge is 0.127 e. The highest BCUT2D eigenvalue weighted by Gasteiger charge is 2.15. The minimum absolute atomic E-state index is 0. The Hall–Kier alpha value is -1.91. The maximum atomic E-state index is 6.31. The third-order valence-electron chi connectivity index (χ3n) is 3.25. The Morgan fingerprint density at radius 1 is 0.810 bits per heavy atom. The van der Waals surface area contributed by atoms with Crippen molar-refractivity contribution in [2.24, 2.45) is 5.73 Å². The molecule has 0 aliphatic rings. The van der Waals surface area contributed by atoms with Gasteiger partial charge in [0.2, 0.25) is 0 Å². The number of hydrogen-bond acceptors (Lipinski definition) is 4. The molecule has 21 heavy (non-hydrogen) atoms. The van der Waals surface area contributed by atoms with E-state index in [1.165, 1.54) is 0 Å². The standard InChI is InChI=1S/C16H19NO3.ClH/c1-18-12-6-4-11(5-7-12)16(17)14-9-8-13(19-2)10-15(14)20-3;/h4-10,16H,17H2,1-3H3;1H. The van der Waals surface area contributed by atoms with Gasteiger partial charge in [-0.05, 0) is 29.8 Å². The van der Waals surface area contributed by atoms with Crippen molar-refractivity contribution in [2.75, 3.05) is 21.3 Å². The fraction of sp³-hybridized carbons (Fsp3) is 0.250. The Labute approximate surface area is 131 Å². The second-order valence-electron chi connectivity index (χ2n) is 4.36. The lowest BCUT2D eigenvalue weighted by Crippen LogP contribution is -2.13. The molecule has 0 radical (unpaired) electrons. The molecule has 0 fully saturated rings. The van der Waals surface area contributed by atoms with Gasteiger partial charge in [-0.1, -0.05) is 12.1 Å². The van der Waals surface area contributed by atoms with Crippen molar-refractivity contribution in [2.45, 2.75) is 6.04 Å². The monoisotopic (exact) mass is 309 g/mol. The van der Waals surface area contributed by atoms with Crippen LogP contribution in [0.3, 0.4) is 0 Å². The fourth-order valence-corrected chi connectivity index (χ4v) is 2.07. The van der Waals surface area contributed by atoms with Gasteiger partial charge in [0.1, 0.15) is 17.2 Å². The summed E-state index contributed by atoms with van der Waals surface area (Å²) in [4.78, 5) is 0. The quantitative estimate of drug-likeness (QED) is 0.921. The van der Waals surface area contributed by atoms with Crippen LogP contribution in [-0.4, -0.2) is 21.3 Å². The van der Waals surface area contributed by atoms with E-state index in [-0.39, 0.29) is 18.4 Å². The molecule has 0 aliphatic carbocycles. The molecule has 0 amide bonds. The Morgan fingerprint density at radius 2 is 1.38 bits per heavy atom. The maximum Gasteiger partial charge on any atom is 0.127 e. The molecule has 2 aromatic rings. The van der Waals surface area contributed by atoms with Gasteiger partial charge in [0, 0.05) is 11.6 Å². The molecule has 0 saturated carbocycles. The predicted octanol–water partition coefficient (Wildman–Crippen LogP) is 3.18. The predicted molar refractivity (Wildman–Crippen MR) is 85.8 cm³/mol. The van der Waals surface area contributed by atoms with Crippen molar-refractivity contribution in [1.82, 2.24) is 0 Å². The summed E-state index contributed by atoms with van der Waals surface area (Å²) < 4.78 is 15.7. The van der Waals surface area contributed by atoms with Gasteiger partial charge in [-0.3, -0.25) is 0 Å².